The molecule has 1 saturated heterocycles. The molecule has 2 aromatic rings. The van der Waals surface area contributed by atoms with Crippen molar-refractivity contribution in [3.05, 3.63) is 20.6 Å². The van der Waals surface area contributed by atoms with Crippen molar-refractivity contribution in [2.24, 2.45) is 5.73 Å². The molecule has 1 aliphatic heterocycles. The van der Waals surface area contributed by atoms with Crippen LogP contribution in [0.3, 0.4) is 0 Å². The fourth-order valence-corrected chi connectivity index (χ4v) is 3.81. The summed E-state index contributed by atoms with van der Waals surface area (Å²) in [7, 11) is 1.50. The summed E-state index contributed by atoms with van der Waals surface area (Å²) in [5, 5.41) is 0. The van der Waals surface area contributed by atoms with Crippen molar-refractivity contribution in [3.8, 4) is 0 Å². The number of imidazole rings is 1. The fraction of sp³-hybridized carbons (Fsp3) is 0.579. The molecule has 0 amide bonds. The van der Waals surface area contributed by atoms with E-state index < -0.39 is 0 Å². The SMILES string of the molecule is C=O.CC.CCn1c(N2CCCCC2)nc2c(C)c(Br)c(Br)cc21.CN. The fourth-order valence-electron chi connectivity index (χ4n) is 2.99. The van der Waals surface area contributed by atoms with Gasteiger partial charge in [0.25, 0.3) is 0 Å². The van der Waals surface area contributed by atoms with Gasteiger partial charge in [-0.2, -0.15) is 0 Å². The number of anilines is 1. The molecule has 0 aliphatic carbocycles. The Labute approximate surface area is 174 Å². The molecule has 1 aliphatic rings. The van der Waals surface area contributed by atoms with E-state index >= 15 is 0 Å². The summed E-state index contributed by atoms with van der Waals surface area (Å²) in [6.45, 7) is 13.5. The quantitative estimate of drug-likeness (QED) is 0.619. The number of nitrogens with zero attached hydrogens (tertiary/aromatic N) is 3. The molecule has 148 valence electrons. The van der Waals surface area contributed by atoms with E-state index in [1.807, 2.05) is 20.6 Å². The Bertz CT molecular complexity index is 667. The van der Waals surface area contributed by atoms with Crippen molar-refractivity contribution in [2.45, 2.75) is 53.5 Å². The monoisotopic (exact) mass is 490 g/mol. The lowest BCUT2D eigenvalue weighted by atomic mass is 10.1. The average molecular weight is 492 g/mol. The zero-order valence-corrected chi connectivity index (χ0v) is 19.8. The minimum Gasteiger partial charge on any atom is -0.342 e. The highest BCUT2D eigenvalue weighted by Crippen LogP contribution is 2.35. The summed E-state index contributed by atoms with van der Waals surface area (Å²) in [6, 6.07) is 2.18. The summed E-state index contributed by atoms with van der Waals surface area (Å²) in [5.41, 5.74) is 8.04. The first-order valence-corrected chi connectivity index (χ1v) is 10.7. The molecule has 2 heterocycles. The van der Waals surface area contributed by atoms with Gasteiger partial charge in [0.2, 0.25) is 5.95 Å². The number of hydrogen-bond acceptors (Lipinski definition) is 4. The van der Waals surface area contributed by atoms with Gasteiger partial charge in [0, 0.05) is 28.6 Å². The predicted molar refractivity (Wildman–Crippen MR) is 120 cm³/mol. The van der Waals surface area contributed by atoms with Gasteiger partial charge in [-0.1, -0.05) is 13.8 Å². The topological polar surface area (TPSA) is 64.2 Å². The van der Waals surface area contributed by atoms with Crippen molar-refractivity contribution in [1.29, 1.82) is 0 Å². The largest absolute Gasteiger partial charge is 0.342 e. The number of carbonyl (C=O) groups excluding carboxylic acids is 1. The van der Waals surface area contributed by atoms with Gasteiger partial charge in [-0.05, 0) is 83.6 Å². The molecule has 0 saturated carbocycles. The van der Waals surface area contributed by atoms with Crippen LogP contribution in [0.25, 0.3) is 11.0 Å². The number of halogens is 2. The lowest BCUT2D eigenvalue weighted by Gasteiger charge is -2.28. The zero-order valence-electron chi connectivity index (χ0n) is 16.6. The molecule has 0 atom stereocenters. The lowest BCUT2D eigenvalue weighted by molar-refractivity contribution is -0.0979. The molecule has 1 fully saturated rings. The van der Waals surface area contributed by atoms with E-state index in [4.69, 9.17) is 9.78 Å². The number of aryl methyl sites for hydroxylation is 2. The van der Waals surface area contributed by atoms with Crippen molar-refractivity contribution < 1.29 is 4.79 Å². The van der Waals surface area contributed by atoms with Crippen molar-refractivity contribution in [2.75, 3.05) is 25.0 Å². The minimum atomic E-state index is 0.954. The number of aromatic nitrogens is 2. The van der Waals surface area contributed by atoms with Crippen LogP contribution in [0, 0.1) is 6.92 Å². The molecule has 1 aromatic heterocycles. The van der Waals surface area contributed by atoms with Gasteiger partial charge in [-0.3, -0.25) is 0 Å². The smallest absolute Gasteiger partial charge is 0.206 e. The van der Waals surface area contributed by atoms with E-state index in [2.05, 4.69) is 67.0 Å². The van der Waals surface area contributed by atoms with Crippen molar-refractivity contribution >= 4 is 55.6 Å². The number of rotatable bonds is 2. The molecular formula is C19H32Br2N4O. The normalized spacial score (nSPS) is 13.0. The van der Waals surface area contributed by atoms with Crippen molar-refractivity contribution in [3.63, 3.8) is 0 Å². The number of benzene rings is 1. The van der Waals surface area contributed by atoms with Crippen LogP contribution in [0.4, 0.5) is 5.95 Å². The van der Waals surface area contributed by atoms with Crippen LogP contribution in [0.2, 0.25) is 0 Å². The van der Waals surface area contributed by atoms with Gasteiger partial charge >= 0.3 is 0 Å². The third-order valence-electron chi connectivity index (χ3n) is 4.10. The molecule has 26 heavy (non-hydrogen) atoms. The highest BCUT2D eigenvalue weighted by Gasteiger charge is 2.20. The second-order valence-corrected chi connectivity index (χ2v) is 7.02. The molecular weight excluding hydrogens is 460 g/mol. The highest BCUT2D eigenvalue weighted by molar-refractivity contribution is 9.13. The van der Waals surface area contributed by atoms with E-state index in [0.717, 1.165) is 40.0 Å². The molecule has 7 heteroatoms. The number of carbonyl (C=O) groups is 1. The first kappa shape index (κ1) is 25.1. The minimum absolute atomic E-state index is 0.954. The summed E-state index contributed by atoms with van der Waals surface area (Å²) < 4.78 is 4.54. The third-order valence-corrected chi connectivity index (χ3v) is 6.28. The Kier molecular flexibility index (Phi) is 12.8. The van der Waals surface area contributed by atoms with Crippen LogP contribution in [-0.4, -0.2) is 36.5 Å². The Balaban J connectivity index is 0.000000948. The Morgan fingerprint density at radius 1 is 1.15 bits per heavy atom. The van der Waals surface area contributed by atoms with Gasteiger partial charge in [-0.15, -0.1) is 0 Å². The molecule has 5 nitrogen and oxygen atoms in total. The Morgan fingerprint density at radius 3 is 2.19 bits per heavy atom. The Morgan fingerprint density at radius 2 is 1.69 bits per heavy atom. The summed E-state index contributed by atoms with van der Waals surface area (Å²) in [5.74, 6) is 1.13. The standard InChI is InChI=1S/C15H19Br2N3.C2H6.CH5N.CH2O/c1-3-20-12-9-11(16)13(17)10(2)14(12)18-15(20)19-7-5-4-6-8-19;3*1-2/h9H,3-8H2,1-2H3;1-2H3;2H2,1H3;1H2. The number of fused-ring (bicyclic) bond motifs is 1. The predicted octanol–water partition coefficient (Wildman–Crippen LogP) is 5.30. The van der Waals surface area contributed by atoms with Crippen LogP contribution < -0.4 is 10.6 Å². The lowest BCUT2D eigenvalue weighted by Crippen LogP contribution is -2.31. The maximum Gasteiger partial charge on any atom is 0.206 e. The van der Waals surface area contributed by atoms with Gasteiger partial charge in [-0.25, -0.2) is 4.98 Å². The maximum atomic E-state index is 8.00. The van der Waals surface area contributed by atoms with E-state index in [9.17, 15) is 0 Å². The van der Waals surface area contributed by atoms with E-state index in [-0.39, 0.29) is 0 Å². The van der Waals surface area contributed by atoms with Crippen LogP contribution in [0.1, 0.15) is 45.6 Å². The van der Waals surface area contributed by atoms with Gasteiger partial charge < -0.3 is 20.0 Å². The van der Waals surface area contributed by atoms with E-state index in [1.54, 1.807) is 0 Å². The summed E-state index contributed by atoms with van der Waals surface area (Å²) >= 11 is 7.28. The van der Waals surface area contributed by atoms with Gasteiger partial charge in [0.05, 0.1) is 11.0 Å². The van der Waals surface area contributed by atoms with Gasteiger partial charge in [0.1, 0.15) is 6.79 Å². The number of nitrogens with two attached hydrogens (primary N) is 1. The zero-order chi connectivity index (χ0) is 20.3. The molecule has 0 spiro atoms. The molecule has 0 unspecified atom stereocenters. The van der Waals surface area contributed by atoms with Crippen LogP contribution in [-0.2, 0) is 11.3 Å². The summed E-state index contributed by atoms with van der Waals surface area (Å²) in [6.07, 6.45) is 3.90. The number of piperidine rings is 1. The van der Waals surface area contributed by atoms with E-state index in [0.29, 0.717) is 0 Å². The third kappa shape index (κ3) is 5.54. The molecule has 1 aromatic carbocycles. The van der Waals surface area contributed by atoms with Crippen LogP contribution in [0.15, 0.2) is 15.0 Å². The van der Waals surface area contributed by atoms with E-state index in [1.165, 1.54) is 37.4 Å². The van der Waals surface area contributed by atoms with Crippen molar-refractivity contribution in [1.82, 2.24) is 9.55 Å². The molecule has 2 N–H and O–H groups in total. The molecule has 0 bridgehead atoms. The molecule has 0 radical (unpaired) electrons. The highest BCUT2D eigenvalue weighted by atomic mass is 79.9. The summed E-state index contributed by atoms with van der Waals surface area (Å²) in [4.78, 5) is 15.4. The van der Waals surface area contributed by atoms with Gasteiger partial charge in [0.15, 0.2) is 0 Å². The average Bonchev–Trinajstić information content (AvgIpc) is 3.10. The maximum absolute atomic E-state index is 8.00. The molecule has 3 rings (SSSR count). The first-order chi connectivity index (χ1) is 12.6. The second kappa shape index (κ2) is 13.3. The van der Waals surface area contributed by atoms with Crippen LogP contribution >= 0.6 is 31.9 Å². The van der Waals surface area contributed by atoms with Crippen LogP contribution in [0.5, 0.6) is 0 Å². The Hall–Kier alpha value is -0.920. The first-order valence-electron chi connectivity index (χ1n) is 9.10. The second-order valence-electron chi connectivity index (χ2n) is 5.37. The number of hydrogen-bond donors (Lipinski definition) is 1.